The minimum atomic E-state index is -0.742. The first-order valence-corrected chi connectivity index (χ1v) is 10.2. The van der Waals surface area contributed by atoms with Gasteiger partial charge >= 0.3 is 5.97 Å². The molecule has 3 nitrogen and oxygen atoms in total. The van der Waals surface area contributed by atoms with E-state index in [1.165, 1.54) is 12.5 Å². The molecule has 3 heteroatoms. The van der Waals surface area contributed by atoms with Crippen LogP contribution in [0, 0.1) is 40.9 Å². The molecule has 3 saturated carbocycles. The zero-order valence-corrected chi connectivity index (χ0v) is 16.3. The summed E-state index contributed by atoms with van der Waals surface area (Å²) in [5.41, 5.74) is 0.686. The van der Waals surface area contributed by atoms with Crippen LogP contribution in [-0.2, 0) is 14.3 Å². The number of hydrogen-bond acceptors (Lipinski definition) is 3. The summed E-state index contributed by atoms with van der Waals surface area (Å²) in [6.45, 7) is 6.13. The number of fused-ring (bicyclic) bond motifs is 5. The molecule has 4 rings (SSSR count). The molecule has 0 aromatic rings. The Balaban J connectivity index is 1.69. The fraction of sp³-hybridized carbons (Fsp3) is 0.739. The van der Waals surface area contributed by atoms with Gasteiger partial charge in [-0.3, -0.25) is 9.59 Å². The van der Waals surface area contributed by atoms with Crippen molar-refractivity contribution in [2.24, 2.45) is 28.6 Å². The number of esters is 1. The Kier molecular flexibility index (Phi) is 3.92. The summed E-state index contributed by atoms with van der Waals surface area (Å²) in [5, 5.41) is 0. The van der Waals surface area contributed by atoms with Gasteiger partial charge in [-0.1, -0.05) is 25.3 Å². The normalized spacial score (nSPS) is 47.1. The van der Waals surface area contributed by atoms with Crippen molar-refractivity contribution < 1.29 is 14.3 Å². The number of carbonyl (C=O) groups is 2. The molecule has 0 aromatic carbocycles. The number of ether oxygens (including phenoxy) is 1. The van der Waals surface area contributed by atoms with E-state index in [9.17, 15) is 9.59 Å². The van der Waals surface area contributed by atoms with Crippen LogP contribution in [0.1, 0.15) is 72.1 Å². The van der Waals surface area contributed by atoms with Gasteiger partial charge in [-0.2, -0.15) is 0 Å². The van der Waals surface area contributed by atoms with Crippen molar-refractivity contribution in [2.45, 2.75) is 77.7 Å². The van der Waals surface area contributed by atoms with Crippen molar-refractivity contribution in [3.8, 4) is 12.3 Å². The third kappa shape index (κ3) is 2.20. The lowest BCUT2D eigenvalue weighted by atomic mass is 9.46. The van der Waals surface area contributed by atoms with Gasteiger partial charge < -0.3 is 4.74 Å². The lowest BCUT2D eigenvalue weighted by Crippen LogP contribution is -2.55. The SMILES string of the molecule is C#C[C@]1(OC(C)=O)CCC2C3CCC4=CC(=O)CC[C@]4(C)C3CC[C@@]21C. The van der Waals surface area contributed by atoms with Crippen molar-refractivity contribution in [3.05, 3.63) is 11.6 Å². The Morgan fingerprint density at radius 1 is 1.15 bits per heavy atom. The molecular formula is C23H30O3. The van der Waals surface area contributed by atoms with Gasteiger partial charge in [0.15, 0.2) is 11.4 Å². The van der Waals surface area contributed by atoms with Crippen molar-refractivity contribution in [3.63, 3.8) is 0 Å². The van der Waals surface area contributed by atoms with E-state index < -0.39 is 5.60 Å². The number of terminal acetylenes is 1. The molecule has 0 amide bonds. The fourth-order valence-corrected chi connectivity index (χ4v) is 7.24. The van der Waals surface area contributed by atoms with Gasteiger partial charge in [-0.25, -0.2) is 0 Å². The second-order valence-electron chi connectivity index (χ2n) is 9.53. The van der Waals surface area contributed by atoms with E-state index >= 15 is 0 Å². The molecule has 0 heterocycles. The molecule has 0 aliphatic heterocycles. The van der Waals surface area contributed by atoms with E-state index in [0.29, 0.717) is 30.0 Å². The maximum atomic E-state index is 11.9. The van der Waals surface area contributed by atoms with Gasteiger partial charge in [0.1, 0.15) is 0 Å². The number of ketones is 1. The zero-order chi connectivity index (χ0) is 18.7. The Morgan fingerprint density at radius 3 is 2.58 bits per heavy atom. The van der Waals surface area contributed by atoms with Crippen molar-refractivity contribution in [1.29, 1.82) is 0 Å². The van der Waals surface area contributed by atoms with E-state index in [1.807, 2.05) is 6.08 Å². The molecule has 0 radical (unpaired) electrons. The Bertz CT molecular complexity index is 728. The number of hydrogen-bond donors (Lipinski definition) is 0. The van der Waals surface area contributed by atoms with Crippen molar-refractivity contribution in [1.82, 2.24) is 0 Å². The largest absolute Gasteiger partial charge is 0.445 e. The molecule has 3 fully saturated rings. The molecule has 140 valence electrons. The van der Waals surface area contributed by atoms with E-state index in [2.05, 4.69) is 19.8 Å². The highest BCUT2D eigenvalue weighted by atomic mass is 16.6. The quantitative estimate of drug-likeness (QED) is 0.516. The molecule has 4 aliphatic rings. The molecule has 0 saturated heterocycles. The third-order valence-corrected chi connectivity index (χ3v) is 8.63. The summed E-state index contributed by atoms with van der Waals surface area (Å²) in [4.78, 5) is 23.7. The molecule has 6 atom stereocenters. The monoisotopic (exact) mass is 354 g/mol. The summed E-state index contributed by atoms with van der Waals surface area (Å²) in [7, 11) is 0. The van der Waals surface area contributed by atoms with Crippen LogP contribution in [-0.4, -0.2) is 17.4 Å². The summed E-state index contributed by atoms with van der Waals surface area (Å²) in [6, 6.07) is 0. The van der Waals surface area contributed by atoms with Crippen LogP contribution in [0.25, 0.3) is 0 Å². The lowest BCUT2D eigenvalue weighted by Gasteiger charge is -2.58. The average Bonchev–Trinajstić information content (AvgIpc) is 2.88. The van der Waals surface area contributed by atoms with Crippen LogP contribution in [0.2, 0.25) is 0 Å². The first-order valence-electron chi connectivity index (χ1n) is 10.2. The van der Waals surface area contributed by atoms with Crippen LogP contribution >= 0.6 is 0 Å². The molecule has 3 unspecified atom stereocenters. The molecule has 4 aliphatic carbocycles. The topological polar surface area (TPSA) is 43.4 Å². The van der Waals surface area contributed by atoms with Crippen molar-refractivity contribution in [2.75, 3.05) is 0 Å². The predicted octanol–water partition coefficient (Wildman–Crippen LogP) is 4.45. The maximum Gasteiger partial charge on any atom is 0.304 e. The summed E-state index contributed by atoms with van der Waals surface area (Å²) >= 11 is 0. The van der Waals surface area contributed by atoms with Crippen LogP contribution in [0.4, 0.5) is 0 Å². The predicted molar refractivity (Wildman–Crippen MR) is 100 cm³/mol. The number of carbonyl (C=O) groups excluding carboxylic acids is 2. The summed E-state index contributed by atoms with van der Waals surface area (Å²) in [5.74, 6) is 4.71. The van der Waals surface area contributed by atoms with E-state index in [4.69, 9.17) is 11.2 Å². The van der Waals surface area contributed by atoms with E-state index in [-0.39, 0.29) is 16.8 Å². The molecular weight excluding hydrogens is 324 g/mol. The fourth-order valence-electron chi connectivity index (χ4n) is 7.24. The molecule has 26 heavy (non-hydrogen) atoms. The van der Waals surface area contributed by atoms with Gasteiger partial charge in [0.05, 0.1) is 0 Å². The van der Waals surface area contributed by atoms with Gasteiger partial charge in [0.25, 0.3) is 0 Å². The summed E-state index contributed by atoms with van der Waals surface area (Å²) < 4.78 is 5.81. The van der Waals surface area contributed by atoms with Gasteiger partial charge in [0, 0.05) is 18.8 Å². The number of allylic oxidation sites excluding steroid dienone is 1. The van der Waals surface area contributed by atoms with Gasteiger partial charge in [-0.05, 0) is 74.2 Å². The highest BCUT2D eigenvalue weighted by molar-refractivity contribution is 5.91. The Labute approximate surface area is 156 Å². The highest BCUT2D eigenvalue weighted by Gasteiger charge is 2.65. The second kappa shape index (κ2) is 5.72. The van der Waals surface area contributed by atoms with E-state index in [1.54, 1.807) is 0 Å². The van der Waals surface area contributed by atoms with Crippen LogP contribution in [0.5, 0.6) is 0 Å². The Morgan fingerprint density at radius 2 is 1.88 bits per heavy atom. The van der Waals surface area contributed by atoms with Crippen LogP contribution in [0.3, 0.4) is 0 Å². The minimum Gasteiger partial charge on any atom is -0.445 e. The highest BCUT2D eigenvalue weighted by Crippen LogP contribution is 2.68. The van der Waals surface area contributed by atoms with Crippen LogP contribution in [0.15, 0.2) is 11.6 Å². The molecule has 0 aromatic heterocycles. The third-order valence-electron chi connectivity index (χ3n) is 8.63. The van der Waals surface area contributed by atoms with Gasteiger partial charge in [0.2, 0.25) is 0 Å². The zero-order valence-electron chi connectivity index (χ0n) is 16.3. The first-order chi connectivity index (χ1) is 12.3. The van der Waals surface area contributed by atoms with Crippen LogP contribution < -0.4 is 0 Å². The summed E-state index contributed by atoms with van der Waals surface area (Å²) in [6.07, 6.45) is 15.7. The standard InChI is InChI=1S/C23H30O3/c1-5-23(26-15(2)24)13-10-20-18-7-6-16-14-17(25)8-11-21(16,3)19(18)9-12-22(20,23)4/h1,14,18-20H,6-13H2,2-4H3/t18?,19?,20?,21-,22-,23-/m0/s1. The molecule has 0 spiro atoms. The Hall–Kier alpha value is -1.56. The molecule has 0 N–H and O–H groups in total. The lowest BCUT2D eigenvalue weighted by molar-refractivity contribution is -0.169. The van der Waals surface area contributed by atoms with E-state index in [0.717, 1.165) is 44.9 Å². The maximum absolute atomic E-state index is 11.9. The first kappa shape index (κ1) is 17.8. The van der Waals surface area contributed by atoms with Crippen molar-refractivity contribution >= 4 is 11.8 Å². The average molecular weight is 354 g/mol. The number of rotatable bonds is 1. The molecule has 0 bridgehead atoms. The van der Waals surface area contributed by atoms with Gasteiger partial charge in [-0.15, -0.1) is 6.42 Å². The minimum absolute atomic E-state index is 0.128. The second-order valence-corrected chi connectivity index (χ2v) is 9.53. The smallest absolute Gasteiger partial charge is 0.304 e.